The Morgan fingerprint density at radius 3 is 2.52 bits per heavy atom. The van der Waals surface area contributed by atoms with Crippen LogP contribution < -0.4 is 5.56 Å². The molecule has 7 heteroatoms. The summed E-state index contributed by atoms with van der Waals surface area (Å²) in [6.07, 6.45) is 7.14. The van der Waals surface area contributed by atoms with Gasteiger partial charge in [0.1, 0.15) is 6.33 Å². The summed E-state index contributed by atoms with van der Waals surface area (Å²) in [4.78, 5) is 22.8. The number of hydrogen-bond acceptors (Lipinski definition) is 4. The molecule has 5 nitrogen and oxygen atoms in total. The minimum atomic E-state index is -0.175. The molecule has 0 amide bonds. The first-order valence-corrected chi connectivity index (χ1v) is 8.13. The lowest BCUT2D eigenvalue weighted by atomic mass is 10.1. The van der Waals surface area contributed by atoms with Crippen LogP contribution in [0.1, 0.15) is 16.7 Å². The van der Waals surface area contributed by atoms with E-state index in [1.54, 1.807) is 18.6 Å². The normalized spacial score (nSPS) is 10.7. The van der Waals surface area contributed by atoms with Gasteiger partial charge in [-0.2, -0.15) is 0 Å². The van der Waals surface area contributed by atoms with E-state index in [2.05, 4.69) is 30.9 Å². The summed E-state index contributed by atoms with van der Waals surface area (Å²) < 4.78 is 3.29. The molecule has 116 valence electrons. The van der Waals surface area contributed by atoms with Gasteiger partial charge in [-0.25, -0.2) is 9.97 Å². The van der Waals surface area contributed by atoms with Crippen molar-refractivity contribution in [2.45, 2.75) is 13.0 Å². The molecule has 3 rings (SSSR count). The first-order valence-electron chi connectivity index (χ1n) is 6.93. The Labute approximate surface area is 146 Å². The lowest BCUT2D eigenvalue weighted by Gasteiger charge is -2.09. The number of H-pyrrole nitrogens is 1. The van der Waals surface area contributed by atoms with Crippen LogP contribution in [0.3, 0.4) is 0 Å². The quantitative estimate of drug-likeness (QED) is 0.697. The van der Waals surface area contributed by atoms with E-state index in [0.29, 0.717) is 23.3 Å². The molecule has 23 heavy (non-hydrogen) atoms. The molecule has 1 N–H and O–H groups in total. The van der Waals surface area contributed by atoms with Crippen molar-refractivity contribution in [1.29, 1.82) is 0 Å². The highest BCUT2D eigenvalue weighted by atomic mass is 79.9. The number of nitrogens with one attached hydrogen (secondary N) is 1. The van der Waals surface area contributed by atoms with Crippen LogP contribution in [0.4, 0.5) is 0 Å². The van der Waals surface area contributed by atoms with E-state index in [9.17, 15) is 4.79 Å². The van der Waals surface area contributed by atoms with Crippen LogP contribution in [0.2, 0.25) is 0 Å². The molecule has 0 saturated carbocycles. The second-order valence-electron chi connectivity index (χ2n) is 5.09. The van der Waals surface area contributed by atoms with Gasteiger partial charge in [-0.3, -0.25) is 9.78 Å². The SMILES string of the molecule is O=c1[nH]c(=S)n(Cc2ccc(Br)cc2)cc1Cc1cncnc1. The van der Waals surface area contributed by atoms with E-state index in [1.807, 2.05) is 28.8 Å². The lowest BCUT2D eigenvalue weighted by molar-refractivity contribution is 0.732. The van der Waals surface area contributed by atoms with Crippen LogP contribution in [0.5, 0.6) is 0 Å². The summed E-state index contributed by atoms with van der Waals surface area (Å²) in [6.45, 7) is 0.598. The summed E-state index contributed by atoms with van der Waals surface area (Å²) in [5.74, 6) is 0. The molecule has 0 aliphatic rings. The van der Waals surface area contributed by atoms with Crippen molar-refractivity contribution in [3.8, 4) is 0 Å². The maximum atomic E-state index is 12.1. The van der Waals surface area contributed by atoms with Crippen molar-refractivity contribution in [1.82, 2.24) is 19.5 Å². The van der Waals surface area contributed by atoms with Gasteiger partial charge >= 0.3 is 0 Å². The molecule has 3 aromatic rings. The van der Waals surface area contributed by atoms with Gasteiger partial charge in [-0.1, -0.05) is 28.1 Å². The molecule has 2 aromatic heterocycles. The first kappa shape index (κ1) is 15.8. The van der Waals surface area contributed by atoms with Crippen LogP contribution >= 0.6 is 28.1 Å². The molecule has 0 aliphatic heterocycles. The Morgan fingerprint density at radius 2 is 1.83 bits per heavy atom. The maximum Gasteiger partial charge on any atom is 0.255 e. The van der Waals surface area contributed by atoms with E-state index >= 15 is 0 Å². The number of rotatable bonds is 4. The van der Waals surface area contributed by atoms with E-state index in [0.717, 1.165) is 15.6 Å². The molecule has 0 unspecified atom stereocenters. The molecule has 2 heterocycles. The zero-order chi connectivity index (χ0) is 16.2. The zero-order valence-corrected chi connectivity index (χ0v) is 14.5. The summed E-state index contributed by atoms with van der Waals surface area (Å²) >= 11 is 8.68. The van der Waals surface area contributed by atoms with Gasteiger partial charge in [0.15, 0.2) is 4.77 Å². The predicted octanol–water partition coefficient (Wildman–Crippen LogP) is 3.10. The van der Waals surface area contributed by atoms with Gasteiger partial charge < -0.3 is 4.57 Å². The Bertz CT molecular complexity index is 919. The second kappa shape index (κ2) is 6.97. The second-order valence-corrected chi connectivity index (χ2v) is 6.39. The molecule has 0 saturated heterocycles. The van der Waals surface area contributed by atoms with E-state index in [1.165, 1.54) is 6.33 Å². The van der Waals surface area contributed by atoms with E-state index in [4.69, 9.17) is 12.2 Å². The number of benzene rings is 1. The molecular formula is C16H13BrN4OS. The Hall–Kier alpha value is -2.12. The van der Waals surface area contributed by atoms with Gasteiger partial charge in [0, 0.05) is 41.6 Å². The van der Waals surface area contributed by atoms with E-state index < -0.39 is 0 Å². The van der Waals surface area contributed by atoms with Crippen LogP contribution in [0.25, 0.3) is 0 Å². The summed E-state index contributed by atoms with van der Waals surface area (Å²) in [6, 6.07) is 7.99. The third-order valence-electron chi connectivity index (χ3n) is 3.36. The molecule has 1 aromatic carbocycles. The number of hydrogen-bond donors (Lipinski definition) is 1. The predicted molar refractivity (Wildman–Crippen MR) is 94.0 cm³/mol. The van der Waals surface area contributed by atoms with Crippen molar-refractivity contribution in [3.05, 3.63) is 85.5 Å². The maximum absolute atomic E-state index is 12.1. The zero-order valence-electron chi connectivity index (χ0n) is 12.1. The van der Waals surface area contributed by atoms with Crippen LogP contribution in [0.15, 0.2) is 58.5 Å². The highest BCUT2D eigenvalue weighted by Crippen LogP contribution is 2.12. The van der Waals surface area contributed by atoms with Crippen LogP contribution in [-0.2, 0) is 13.0 Å². The van der Waals surface area contributed by atoms with Gasteiger partial charge in [0.2, 0.25) is 0 Å². The number of halogens is 1. The third-order valence-corrected chi connectivity index (χ3v) is 4.22. The van der Waals surface area contributed by atoms with Crippen molar-refractivity contribution in [2.24, 2.45) is 0 Å². The fourth-order valence-corrected chi connectivity index (χ4v) is 2.70. The Morgan fingerprint density at radius 1 is 1.13 bits per heavy atom. The standard InChI is InChI=1S/C16H13BrN4OS/c17-14-3-1-11(2-4-14)8-21-9-13(15(22)20-16(21)23)5-12-6-18-10-19-7-12/h1-4,6-7,9-10H,5,8H2,(H,20,22,23). The summed E-state index contributed by atoms with van der Waals surface area (Å²) in [5, 5.41) is 0. The molecule has 0 radical (unpaired) electrons. The first-order chi connectivity index (χ1) is 11.1. The van der Waals surface area contributed by atoms with Crippen LogP contribution in [-0.4, -0.2) is 19.5 Å². The molecule has 0 spiro atoms. The van der Waals surface area contributed by atoms with Gasteiger partial charge in [-0.15, -0.1) is 0 Å². The monoisotopic (exact) mass is 388 g/mol. The average molecular weight is 389 g/mol. The van der Waals surface area contributed by atoms with Crippen LogP contribution in [0, 0.1) is 4.77 Å². The van der Waals surface area contributed by atoms with Gasteiger partial charge in [-0.05, 0) is 35.5 Å². The van der Waals surface area contributed by atoms with Crippen molar-refractivity contribution in [2.75, 3.05) is 0 Å². The molecule has 0 atom stereocenters. The topological polar surface area (TPSA) is 63.6 Å². The fraction of sp³-hybridized carbons (Fsp3) is 0.125. The fourth-order valence-electron chi connectivity index (χ4n) is 2.23. The highest BCUT2D eigenvalue weighted by molar-refractivity contribution is 9.10. The van der Waals surface area contributed by atoms with Crippen molar-refractivity contribution >= 4 is 28.1 Å². The number of nitrogens with zero attached hydrogens (tertiary/aromatic N) is 3. The largest absolute Gasteiger partial charge is 0.320 e. The summed E-state index contributed by atoms with van der Waals surface area (Å²) in [7, 11) is 0. The number of aromatic nitrogens is 4. The lowest BCUT2D eigenvalue weighted by Crippen LogP contribution is -2.18. The minimum Gasteiger partial charge on any atom is -0.320 e. The molecule has 0 bridgehead atoms. The molecule has 0 aliphatic carbocycles. The van der Waals surface area contributed by atoms with Gasteiger partial charge in [0.05, 0.1) is 0 Å². The highest BCUT2D eigenvalue weighted by Gasteiger charge is 2.06. The van der Waals surface area contributed by atoms with E-state index in [-0.39, 0.29) is 5.56 Å². The molecular weight excluding hydrogens is 376 g/mol. The Kier molecular flexibility index (Phi) is 4.78. The van der Waals surface area contributed by atoms with Gasteiger partial charge in [0.25, 0.3) is 5.56 Å². The van der Waals surface area contributed by atoms with Crippen molar-refractivity contribution < 1.29 is 0 Å². The summed E-state index contributed by atoms with van der Waals surface area (Å²) in [5.41, 5.74) is 2.44. The minimum absolute atomic E-state index is 0.175. The van der Waals surface area contributed by atoms with Crippen molar-refractivity contribution in [3.63, 3.8) is 0 Å². The number of aromatic amines is 1. The third kappa shape index (κ3) is 4.00. The smallest absolute Gasteiger partial charge is 0.255 e. The Balaban J connectivity index is 1.92. The molecule has 0 fully saturated rings. The average Bonchev–Trinajstić information content (AvgIpc) is 2.55.